The van der Waals surface area contributed by atoms with Gasteiger partial charge in [-0.15, -0.1) is 0 Å². The molecule has 0 aromatic heterocycles. The Kier molecular flexibility index (Phi) is 3.38. The molecular formula is C9H13NO2. The van der Waals surface area contributed by atoms with Crippen molar-refractivity contribution in [2.75, 3.05) is 13.1 Å². The number of carbonyl (C=O) groups is 1. The van der Waals surface area contributed by atoms with Crippen molar-refractivity contribution in [1.29, 1.82) is 0 Å². The average Bonchev–Trinajstić information content (AvgIpc) is 2.05. The standard InChI is InChI=1S/C9H13NO2/c11-9(12)5-4-8-10-6-2-1-3-7-10/h2,4-6H,1,3,7-8H2,(H,11,12)/b5-4+. The van der Waals surface area contributed by atoms with Gasteiger partial charge in [0.15, 0.2) is 0 Å². The van der Waals surface area contributed by atoms with Gasteiger partial charge in [0.25, 0.3) is 0 Å². The van der Waals surface area contributed by atoms with Crippen LogP contribution in [0.2, 0.25) is 0 Å². The summed E-state index contributed by atoms with van der Waals surface area (Å²) >= 11 is 0. The van der Waals surface area contributed by atoms with Gasteiger partial charge in [-0.05, 0) is 19.0 Å². The summed E-state index contributed by atoms with van der Waals surface area (Å²) in [6, 6.07) is 0. The first-order valence-electron chi connectivity index (χ1n) is 4.09. The van der Waals surface area contributed by atoms with Crippen LogP contribution < -0.4 is 0 Å². The third-order valence-electron chi connectivity index (χ3n) is 1.73. The zero-order valence-corrected chi connectivity index (χ0v) is 6.94. The van der Waals surface area contributed by atoms with Gasteiger partial charge in [0.1, 0.15) is 0 Å². The van der Waals surface area contributed by atoms with E-state index in [-0.39, 0.29) is 0 Å². The van der Waals surface area contributed by atoms with Crippen LogP contribution in [0.4, 0.5) is 0 Å². The Bertz CT molecular complexity index is 209. The van der Waals surface area contributed by atoms with Gasteiger partial charge in [-0.1, -0.05) is 12.2 Å². The fraction of sp³-hybridized carbons (Fsp3) is 0.444. The van der Waals surface area contributed by atoms with E-state index in [1.807, 2.05) is 6.20 Å². The van der Waals surface area contributed by atoms with Crippen molar-refractivity contribution in [2.45, 2.75) is 12.8 Å². The van der Waals surface area contributed by atoms with Crippen LogP contribution in [-0.2, 0) is 4.79 Å². The minimum absolute atomic E-state index is 0.697. The summed E-state index contributed by atoms with van der Waals surface area (Å²) in [5.41, 5.74) is 0. The second-order valence-electron chi connectivity index (χ2n) is 2.76. The molecular weight excluding hydrogens is 154 g/mol. The van der Waals surface area contributed by atoms with Crippen molar-refractivity contribution in [3.63, 3.8) is 0 Å². The first-order chi connectivity index (χ1) is 5.79. The van der Waals surface area contributed by atoms with Crippen molar-refractivity contribution in [1.82, 2.24) is 4.90 Å². The fourth-order valence-electron chi connectivity index (χ4n) is 1.15. The summed E-state index contributed by atoms with van der Waals surface area (Å²) in [6.07, 6.45) is 9.28. The summed E-state index contributed by atoms with van der Waals surface area (Å²) in [7, 11) is 0. The van der Waals surface area contributed by atoms with E-state index in [1.54, 1.807) is 6.08 Å². The molecule has 12 heavy (non-hydrogen) atoms. The number of rotatable bonds is 3. The minimum Gasteiger partial charge on any atom is -0.478 e. The molecule has 3 heteroatoms. The van der Waals surface area contributed by atoms with Crippen LogP contribution in [0.3, 0.4) is 0 Å². The van der Waals surface area contributed by atoms with E-state index >= 15 is 0 Å². The van der Waals surface area contributed by atoms with Gasteiger partial charge in [-0.3, -0.25) is 0 Å². The topological polar surface area (TPSA) is 40.5 Å². The molecule has 0 aromatic rings. The number of carboxylic acids is 1. The lowest BCUT2D eigenvalue weighted by atomic mass is 10.2. The van der Waals surface area contributed by atoms with E-state index in [0.717, 1.165) is 19.4 Å². The molecule has 1 aliphatic heterocycles. The van der Waals surface area contributed by atoms with Gasteiger partial charge in [-0.25, -0.2) is 4.79 Å². The molecule has 0 aliphatic carbocycles. The van der Waals surface area contributed by atoms with Gasteiger partial charge in [0, 0.05) is 19.2 Å². The summed E-state index contributed by atoms with van der Waals surface area (Å²) in [5.74, 6) is -0.879. The Labute approximate surface area is 72.0 Å². The first-order valence-corrected chi connectivity index (χ1v) is 4.09. The molecule has 0 amide bonds. The van der Waals surface area contributed by atoms with Crippen LogP contribution in [0.1, 0.15) is 12.8 Å². The van der Waals surface area contributed by atoms with E-state index in [1.165, 1.54) is 6.08 Å². The number of hydrogen-bond acceptors (Lipinski definition) is 2. The van der Waals surface area contributed by atoms with Crippen LogP contribution in [0.5, 0.6) is 0 Å². The molecule has 0 fully saturated rings. The molecule has 0 radical (unpaired) electrons. The van der Waals surface area contributed by atoms with E-state index in [0.29, 0.717) is 6.54 Å². The van der Waals surface area contributed by atoms with Crippen molar-refractivity contribution < 1.29 is 9.90 Å². The lowest BCUT2D eigenvalue weighted by molar-refractivity contribution is -0.131. The largest absolute Gasteiger partial charge is 0.478 e. The van der Waals surface area contributed by atoms with E-state index in [2.05, 4.69) is 11.0 Å². The van der Waals surface area contributed by atoms with E-state index in [4.69, 9.17) is 5.11 Å². The Hall–Kier alpha value is -1.25. The fourth-order valence-corrected chi connectivity index (χ4v) is 1.15. The Morgan fingerprint density at radius 3 is 3.08 bits per heavy atom. The van der Waals surface area contributed by atoms with Crippen molar-refractivity contribution in [2.24, 2.45) is 0 Å². The monoisotopic (exact) mass is 167 g/mol. The number of aliphatic carboxylic acids is 1. The molecule has 1 N–H and O–H groups in total. The zero-order valence-electron chi connectivity index (χ0n) is 6.94. The van der Waals surface area contributed by atoms with E-state index in [9.17, 15) is 4.79 Å². The van der Waals surface area contributed by atoms with Crippen molar-refractivity contribution in [3.05, 3.63) is 24.4 Å². The second-order valence-corrected chi connectivity index (χ2v) is 2.76. The van der Waals surface area contributed by atoms with Crippen molar-refractivity contribution in [3.8, 4) is 0 Å². The number of hydrogen-bond donors (Lipinski definition) is 1. The van der Waals surface area contributed by atoms with Gasteiger partial charge in [0.2, 0.25) is 0 Å². The molecule has 3 nitrogen and oxygen atoms in total. The maximum absolute atomic E-state index is 10.1. The second kappa shape index (κ2) is 4.59. The molecule has 1 heterocycles. The summed E-state index contributed by atoms with van der Waals surface area (Å²) in [6.45, 7) is 1.73. The van der Waals surface area contributed by atoms with Gasteiger partial charge in [0.05, 0.1) is 0 Å². The molecule has 1 aliphatic rings. The molecule has 0 aromatic carbocycles. The molecule has 0 bridgehead atoms. The molecule has 0 saturated carbocycles. The van der Waals surface area contributed by atoms with Crippen molar-refractivity contribution >= 4 is 5.97 Å². The lowest BCUT2D eigenvalue weighted by Gasteiger charge is -2.21. The number of nitrogens with zero attached hydrogens (tertiary/aromatic N) is 1. The smallest absolute Gasteiger partial charge is 0.328 e. The average molecular weight is 167 g/mol. The van der Waals surface area contributed by atoms with Gasteiger partial charge < -0.3 is 10.0 Å². The summed E-state index contributed by atoms with van der Waals surface area (Å²) < 4.78 is 0. The van der Waals surface area contributed by atoms with Crippen LogP contribution >= 0.6 is 0 Å². The highest BCUT2D eigenvalue weighted by Gasteiger charge is 2.00. The summed E-state index contributed by atoms with van der Waals surface area (Å²) in [4.78, 5) is 12.2. The molecule has 0 atom stereocenters. The van der Waals surface area contributed by atoms with Gasteiger partial charge >= 0.3 is 5.97 Å². The molecule has 1 rings (SSSR count). The zero-order chi connectivity index (χ0) is 8.81. The predicted molar refractivity (Wildman–Crippen MR) is 46.7 cm³/mol. The SMILES string of the molecule is O=C(O)/C=C/CN1C=CCCC1. The third kappa shape index (κ3) is 3.23. The lowest BCUT2D eigenvalue weighted by Crippen LogP contribution is -2.20. The minimum atomic E-state index is -0.879. The number of carboxylic acid groups (broad SMARTS) is 1. The molecule has 0 spiro atoms. The van der Waals surface area contributed by atoms with E-state index < -0.39 is 5.97 Å². The van der Waals surface area contributed by atoms with Crippen LogP contribution in [0, 0.1) is 0 Å². The maximum Gasteiger partial charge on any atom is 0.328 e. The van der Waals surface area contributed by atoms with Crippen LogP contribution in [0.15, 0.2) is 24.4 Å². The quantitative estimate of drug-likeness (QED) is 0.643. The third-order valence-corrected chi connectivity index (χ3v) is 1.73. The van der Waals surface area contributed by atoms with Gasteiger partial charge in [-0.2, -0.15) is 0 Å². The highest BCUT2D eigenvalue weighted by Crippen LogP contribution is 2.04. The predicted octanol–water partition coefficient (Wildman–Crippen LogP) is 1.24. The van der Waals surface area contributed by atoms with Crippen LogP contribution in [0.25, 0.3) is 0 Å². The normalized spacial score (nSPS) is 17.2. The Morgan fingerprint density at radius 1 is 1.67 bits per heavy atom. The van der Waals surface area contributed by atoms with Crippen LogP contribution in [-0.4, -0.2) is 29.1 Å². The Balaban J connectivity index is 2.26. The highest BCUT2D eigenvalue weighted by atomic mass is 16.4. The summed E-state index contributed by atoms with van der Waals surface area (Å²) in [5, 5.41) is 8.32. The highest BCUT2D eigenvalue weighted by molar-refractivity contribution is 5.79. The number of allylic oxidation sites excluding steroid dienone is 1. The maximum atomic E-state index is 10.1. The molecule has 0 unspecified atom stereocenters. The first kappa shape index (κ1) is 8.84. The molecule has 66 valence electrons. The Morgan fingerprint density at radius 2 is 2.50 bits per heavy atom. The molecule has 0 saturated heterocycles.